The number of ether oxygens (including phenoxy) is 1. The van der Waals surface area contributed by atoms with Crippen LogP contribution >= 0.6 is 0 Å². The Labute approximate surface area is 159 Å². The zero-order valence-electron chi connectivity index (χ0n) is 15.8. The van der Waals surface area contributed by atoms with Gasteiger partial charge < -0.3 is 15.0 Å². The fraction of sp³-hybridized carbons (Fsp3) is 0.529. The lowest BCUT2D eigenvalue weighted by Crippen LogP contribution is -2.58. The monoisotopic (exact) mass is 398 g/mol. The predicted molar refractivity (Wildman–Crippen MR) is 99.9 cm³/mol. The third-order valence-corrected chi connectivity index (χ3v) is 6.03. The van der Waals surface area contributed by atoms with E-state index in [1.165, 1.54) is 19.2 Å². The summed E-state index contributed by atoms with van der Waals surface area (Å²) < 4.78 is 32.0. The van der Waals surface area contributed by atoms with Crippen molar-refractivity contribution in [3.8, 4) is 5.75 Å². The second kappa shape index (κ2) is 9.16. The van der Waals surface area contributed by atoms with Crippen LogP contribution in [-0.2, 0) is 19.6 Å². The first kappa shape index (κ1) is 21.1. The van der Waals surface area contributed by atoms with E-state index >= 15 is 0 Å². The number of hydrogen-bond acceptors (Lipinski definition) is 6. The van der Waals surface area contributed by atoms with Crippen LogP contribution in [0, 0.1) is 0 Å². The highest BCUT2D eigenvalue weighted by Gasteiger charge is 2.31. The van der Waals surface area contributed by atoms with Gasteiger partial charge in [-0.3, -0.25) is 14.5 Å². The summed E-state index contributed by atoms with van der Waals surface area (Å²) in [6.45, 7) is 1.37. The predicted octanol–water partition coefficient (Wildman–Crippen LogP) is -0.748. The molecule has 150 valence electrons. The Hall–Kier alpha value is -2.17. The van der Waals surface area contributed by atoms with E-state index in [1.807, 2.05) is 11.9 Å². The number of carbonyl (C=O) groups excluding carboxylic acids is 2. The maximum absolute atomic E-state index is 12.4. The van der Waals surface area contributed by atoms with E-state index in [0.717, 1.165) is 0 Å². The lowest BCUT2D eigenvalue weighted by molar-refractivity contribution is -0.137. The standard InChI is InChI=1S/C17H26N4O5S/c1-18-17(23)15-12-21(11-10-20(15)2)16(22)8-9-19-27(24,25)14-6-4-13(26-3)5-7-14/h4-7,15,19H,8-12H2,1-3H3,(H,18,23)/t15-/m1/s1. The number of benzene rings is 1. The van der Waals surface area contributed by atoms with Gasteiger partial charge in [-0.25, -0.2) is 13.1 Å². The largest absolute Gasteiger partial charge is 0.497 e. The molecule has 1 heterocycles. The van der Waals surface area contributed by atoms with Crippen LogP contribution in [0.5, 0.6) is 5.75 Å². The van der Waals surface area contributed by atoms with Crippen molar-refractivity contribution in [2.75, 3.05) is 47.4 Å². The Bertz CT molecular complexity index is 766. The van der Waals surface area contributed by atoms with Crippen LogP contribution in [-0.4, -0.2) is 83.5 Å². The summed E-state index contributed by atoms with van der Waals surface area (Å²) in [5.74, 6) is 0.231. The first-order chi connectivity index (χ1) is 12.8. The third-order valence-electron chi connectivity index (χ3n) is 4.55. The molecule has 0 aromatic heterocycles. The lowest BCUT2D eigenvalue weighted by Gasteiger charge is -2.38. The number of hydrogen-bond donors (Lipinski definition) is 2. The zero-order chi connectivity index (χ0) is 20.0. The molecule has 1 atom stereocenters. The summed E-state index contributed by atoms with van der Waals surface area (Å²) in [4.78, 5) is 27.9. The number of nitrogens with one attached hydrogen (secondary N) is 2. The molecule has 1 fully saturated rings. The Morgan fingerprint density at radius 1 is 1.22 bits per heavy atom. The maximum Gasteiger partial charge on any atom is 0.240 e. The van der Waals surface area contributed by atoms with E-state index in [-0.39, 0.29) is 29.7 Å². The van der Waals surface area contributed by atoms with E-state index in [2.05, 4.69) is 10.0 Å². The topological polar surface area (TPSA) is 108 Å². The summed E-state index contributed by atoms with van der Waals surface area (Å²) in [5, 5.41) is 2.59. The number of amides is 2. The van der Waals surface area contributed by atoms with Gasteiger partial charge in [0.15, 0.2) is 0 Å². The number of rotatable bonds is 7. The van der Waals surface area contributed by atoms with Crippen molar-refractivity contribution < 1.29 is 22.7 Å². The van der Waals surface area contributed by atoms with Crippen LogP contribution in [0.3, 0.4) is 0 Å². The molecule has 27 heavy (non-hydrogen) atoms. The van der Waals surface area contributed by atoms with Gasteiger partial charge >= 0.3 is 0 Å². The molecule has 0 unspecified atom stereocenters. The Balaban J connectivity index is 1.88. The van der Waals surface area contributed by atoms with Gasteiger partial charge in [-0.05, 0) is 31.3 Å². The molecule has 0 bridgehead atoms. The Morgan fingerprint density at radius 3 is 2.48 bits per heavy atom. The van der Waals surface area contributed by atoms with Crippen LogP contribution < -0.4 is 14.8 Å². The first-order valence-corrected chi connectivity index (χ1v) is 10.1. The average molecular weight is 398 g/mol. The molecule has 9 nitrogen and oxygen atoms in total. The minimum absolute atomic E-state index is 0.00975. The van der Waals surface area contributed by atoms with Crippen molar-refractivity contribution in [1.29, 1.82) is 0 Å². The molecular formula is C17H26N4O5S. The van der Waals surface area contributed by atoms with Gasteiger partial charge in [0.25, 0.3) is 0 Å². The molecule has 2 rings (SSSR count). The second-order valence-corrected chi connectivity index (χ2v) is 8.04. The minimum Gasteiger partial charge on any atom is -0.497 e. The quantitative estimate of drug-likeness (QED) is 0.626. The number of sulfonamides is 1. The van der Waals surface area contributed by atoms with E-state index in [1.54, 1.807) is 24.1 Å². The van der Waals surface area contributed by atoms with Crippen LogP contribution in [0.2, 0.25) is 0 Å². The van der Waals surface area contributed by atoms with Gasteiger partial charge in [0.05, 0.1) is 12.0 Å². The summed E-state index contributed by atoms with van der Waals surface area (Å²) in [6, 6.07) is 5.60. The first-order valence-electron chi connectivity index (χ1n) is 8.62. The smallest absolute Gasteiger partial charge is 0.240 e. The van der Waals surface area contributed by atoms with Crippen LogP contribution in [0.4, 0.5) is 0 Å². The molecule has 0 radical (unpaired) electrons. The molecule has 1 aromatic rings. The SMILES string of the molecule is CNC(=O)[C@H]1CN(C(=O)CCNS(=O)(=O)c2ccc(OC)cc2)CCN1C. The van der Waals surface area contributed by atoms with Crippen molar-refractivity contribution in [2.24, 2.45) is 0 Å². The molecule has 0 aliphatic carbocycles. The molecule has 2 N–H and O–H groups in total. The fourth-order valence-electron chi connectivity index (χ4n) is 2.84. The van der Waals surface area contributed by atoms with E-state index in [9.17, 15) is 18.0 Å². The maximum atomic E-state index is 12.4. The van der Waals surface area contributed by atoms with Crippen LogP contribution in [0.25, 0.3) is 0 Å². The van der Waals surface area contributed by atoms with Gasteiger partial charge in [0, 0.05) is 39.6 Å². The van der Waals surface area contributed by atoms with E-state index in [4.69, 9.17) is 4.74 Å². The minimum atomic E-state index is -3.70. The van der Waals surface area contributed by atoms with Crippen molar-refractivity contribution in [3.05, 3.63) is 24.3 Å². The van der Waals surface area contributed by atoms with Gasteiger partial charge in [-0.15, -0.1) is 0 Å². The van der Waals surface area contributed by atoms with Crippen molar-refractivity contribution in [2.45, 2.75) is 17.4 Å². The average Bonchev–Trinajstić information content (AvgIpc) is 2.67. The fourth-order valence-corrected chi connectivity index (χ4v) is 3.87. The summed E-state index contributed by atoms with van der Waals surface area (Å²) in [6.07, 6.45) is 0.0273. The third kappa shape index (κ3) is 5.41. The molecule has 1 aromatic carbocycles. The molecule has 10 heteroatoms. The zero-order valence-corrected chi connectivity index (χ0v) is 16.6. The molecule has 1 aliphatic heterocycles. The molecule has 0 spiro atoms. The normalized spacial score (nSPS) is 18.2. The lowest BCUT2D eigenvalue weighted by atomic mass is 10.1. The van der Waals surface area contributed by atoms with E-state index in [0.29, 0.717) is 25.4 Å². The highest BCUT2D eigenvalue weighted by atomic mass is 32.2. The highest BCUT2D eigenvalue weighted by Crippen LogP contribution is 2.15. The molecule has 2 amide bonds. The summed E-state index contributed by atoms with van der Waals surface area (Å²) >= 11 is 0. The molecule has 1 aliphatic rings. The molecule has 1 saturated heterocycles. The van der Waals surface area contributed by atoms with Gasteiger partial charge in [-0.1, -0.05) is 0 Å². The Kier molecular flexibility index (Phi) is 7.17. The summed E-state index contributed by atoms with van der Waals surface area (Å²) in [5.41, 5.74) is 0. The summed E-state index contributed by atoms with van der Waals surface area (Å²) in [7, 11) is 1.20. The van der Waals surface area contributed by atoms with Crippen LogP contribution in [0.1, 0.15) is 6.42 Å². The number of likely N-dealkylation sites (N-methyl/N-ethyl adjacent to an activating group) is 2. The number of nitrogens with zero attached hydrogens (tertiary/aromatic N) is 2. The van der Waals surface area contributed by atoms with Crippen molar-refractivity contribution in [1.82, 2.24) is 19.8 Å². The van der Waals surface area contributed by atoms with Gasteiger partial charge in [0.2, 0.25) is 21.8 Å². The highest BCUT2D eigenvalue weighted by molar-refractivity contribution is 7.89. The van der Waals surface area contributed by atoms with Crippen LogP contribution in [0.15, 0.2) is 29.2 Å². The van der Waals surface area contributed by atoms with E-state index < -0.39 is 16.1 Å². The Morgan fingerprint density at radius 2 is 1.89 bits per heavy atom. The molecular weight excluding hydrogens is 372 g/mol. The number of carbonyl (C=O) groups is 2. The van der Waals surface area contributed by atoms with Crippen molar-refractivity contribution >= 4 is 21.8 Å². The molecule has 0 saturated carbocycles. The number of piperazine rings is 1. The van der Waals surface area contributed by atoms with Crippen molar-refractivity contribution in [3.63, 3.8) is 0 Å². The van der Waals surface area contributed by atoms with Gasteiger partial charge in [0.1, 0.15) is 11.8 Å². The number of methoxy groups -OCH3 is 1. The van der Waals surface area contributed by atoms with Gasteiger partial charge in [-0.2, -0.15) is 0 Å². The second-order valence-electron chi connectivity index (χ2n) is 6.27.